The number of ether oxygens (including phenoxy) is 1. The van der Waals surface area contributed by atoms with Crippen molar-refractivity contribution in [2.75, 3.05) is 13.7 Å². The molecule has 0 bridgehead atoms. The minimum absolute atomic E-state index is 0.472. The molecule has 1 atom stereocenters. The molecule has 0 spiro atoms. The highest BCUT2D eigenvalue weighted by atomic mass is 35.5. The fourth-order valence-electron chi connectivity index (χ4n) is 2.96. The molecule has 1 saturated carbocycles. The zero-order valence-corrected chi connectivity index (χ0v) is 13.5. The summed E-state index contributed by atoms with van der Waals surface area (Å²) in [6, 6.07) is 6.71. The van der Waals surface area contributed by atoms with Crippen LogP contribution < -0.4 is 10.1 Å². The molecule has 1 aliphatic carbocycles. The van der Waals surface area contributed by atoms with Crippen molar-refractivity contribution in [1.82, 2.24) is 5.32 Å². The second kappa shape index (κ2) is 7.33. The molecule has 3 heteroatoms. The van der Waals surface area contributed by atoms with Gasteiger partial charge in [-0.3, -0.25) is 0 Å². The van der Waals surface area contributed by atoms with Gasteiger partial charge in [0.2, 0.25) is 0 Å². The van der Waals surface area contributed by atoms with Gasteiger partial charge in [0.15, 0.2) is 0 Å². The van der Waals surface area contributed by atoms with Crippen LogP contribution in [0.1, 0.15) is 51.0 Å². The van der Waals surface area contributed by atoms with Gasteiger partial charge >= 0.3 is 0 Å². The Balaban J connectivity index is 2.24. The zero-order chi connectivity index (χ0) is 14.5. The van der Waals surface area contributed by atoms with E-state index in [2.05, 4.69) is 25.2 Å². The van der Waals surface area contributed by atoms with Crippen LogP contribution in [0.25, 0.3) is 0 Å². The lowest BCUT2D eigenvalue weighted by atomic mass is 9.82. The Kier molecular flexibility index (Phi) is 5.74. The molecule has 0 amide bonds. The van der Waals surface area contributed by atoms with Gasteiger partial charge in [-0.25, -0.2) is 0 Å². The van der Waals surface area contributed by atoms with Crippen molar-refractivity contribution in [3.63, 3.8) is 0 Å². The number of benzene rings is 1. The lowest BCUT2D eigenvalue weighted by molar-refractivity contribution is 0.355. The zero-order valence-electron chi connectivity index (χ0n) is 12.8. The summed E-state index contributed by atoms with van der Waals surface area (Å²) < 4.78 is 5.56. The molecule has 2 rings (SSSR count). The van der Waals surface area contributed by atoms with Crippen molar-refractivity contribution < 1.29 is 4.74 Å². The van der Waals surface area contributed by atoms with Crippen molar-refractivity contribution >= 4 is 11.6 Å². The van der Waals surface area contributed by atoms with E-state index in [1.54, 1.807) is 7.11 Å². The van der Waals surface area contributed by atoms with E-state index in [0.717, 1.165) is 23.4 Å². The van der Waals surface area contributed by atoms with Crippen LogP contribution in [0.5, 0.6) is 5.75 Å². The standard InChI is InChI=1S/C17H26ClNO/c1-4-12(5-2)16(11-19-14-7-8-14)15-10-13(18)6-9-17(15)20-3/h6,9-10,12,14,16,19H,4-5,7-8,11H2,1-3H3. The molecule has 0 aromatic heterocycles. The van der Waals surface area contributed by atoms with Crippen LogP contribution in [0.3, 0.4) is 0 Å². The van der Waals surface area contributed by atoms with Crippen LogP contribution in [0.4, 0.5) is 0 Å². The topological polar surface area (TPSA) is 21.3 Å². The molecule has 112 valence electrons. The van der Waals surface area contributed by atoms with Gasteiger partial charge in [0, 0.05) is 29.1 Å². The van der Waals surface area contributed by atoms with Crippen LogP contribution in [-0.4, -0.2) is 19.7 Å². The van der Waals surface area contributed by atoms with Crippen molar-refractivity contribution in [1.29, 1.82) is 0 Å². The Morgan fingerprint density at radius 2 is 2.00 bits per heavy atom. The number of methoxy groups -OCH3 is 1. The van der Waals surface area contributed by atoms with Gasteiger partial charge in [-0.15, -0.1) is 0 Å². The van der Waals surface area contributed by atoms with Crippen molar-refractivity contribution in [2.45, 2.75) is 51.5 Å². The molecule has 2 nitrogen and oxygen atoms in total. The molecule has 1 aromatic carbocycles. The number of rotatable bonds is 8. The number of hydrogen-bond donors (Lipinski definition) is 1. The van der Waals surface area contributed by atoms with Crippen LogP contribution in [0.15, 0.2) is 18.2 Å². The summed E-state index contributed by atoms with van der Waals surface area (Å²) in [5.74, 6) is 2.09. The normalized spacial score (nSPS) is 16.4. The fourth-order valence-corrected chi connectivity index (χ4v) is 3.14. The molecule has 1 N–H and O–H groups in total. The summed E-state index contributed by atoms with van der Waals surface area (Å²) >= 11 is 6.21. The van der Waals surface area contributed by atoms with E-state index in [-0.39, 0.29) is 0 Å². The van der Waals surface area contributed by atoms with Gasteiger partial charge in [0.1, 0.15) is 5.75 Å². The smallest absolute Gasteiger partial charge is 0.122 e. The maximum atomic E-state index is 6.21. The van der Waals surface area contributed by atoms with E-state index in [4.69, 9.17) is 16.3 Å². The van der Waals surface area contributed by atoms with Gasteiger partial charge in [-0.2, -0.15) is 0 Å². The van der Waals surface area contributed by atoms with E-state index in [1.807, 2.05) is 12.1 Å². The molecular weight excluding hydrogens is 270 g/mol. The summed E-state index contributed by atoms with van der Waals surface area (Å²) in [7, 11) is 1.74. The second-order valence-electron chi connectivity index (χ2n) is 5.75. The van der Waals surface area contributed by atoms with E-state index in [1.165, 1.54) is 31.2 Å². The molecule has 0 aliphatic heterocycles. The minimum atomic E-state index is 0.472. The maximum absolute atomic E-state index is 6.21. The number of nitrogens with one attached hydrogen (secondary N) is 1. The summed E-state index contributed by atoms with van der Waals surface area (Å²) in [5, 5.41) is 4.47. The first-order valence-electron chi connectivity index (χ1n) is 7.76. The van der Waals surface area contributed by atoms with Gasteiger partial charge in [0.25, 0.3) is 0 Å². The lowest BCUT2D eigenvalue weighted by Gasteiger charge is -2.28. The highest BCUT2D eigenvalue weighted by Gasteiger charge is 2.27. The molecule has 0 saturated heterocycles. The van der Waals surface area contributed by atoms with Crippen LogP contribution >= 0.6 is 11.6 Å². The van der Waals surface area contributed by atoms with Gasteiger partial charge < -0.3 is 10.1 Å². The van der Waals surface area contributed by atoms with Crippen LogP contribution in [0.2, 0.25) is 5.02 Å². The summed E-state index contributed by atoms with van der Waals surface area (Å²) in [6.45, 7) is 5.57. The second-order valence-corrected chi connectivity index (χ2v) is 6.19. The average Bonchev–Trinajstić information content (AvgIpc) is 3.27. The Morgan fingerprint density at radius 1 is 1.30 bits per heavy atom. The first-order valence-corrected chi connectivity index (χ1v) is 8.14. The van der Waals surface area contributed by atoms with Crippen LogP contribution in [0, 0.1) is 5.92 Å². The summed E-state index contributed by atoms with van der Waals surface area (Å²) in [5.41, 5.74) is 1.25. The van der Waals surface area contributed by atoms with E-state index >= 15 is 0 Å². The van der Waals surface area contributed by atoms with E-state index in [9.17, 15) is 0 Å². The molecule has 1 unspecified atom stereocenters. The monoisotopic (exact) mass is 295 g/mol. The first kappa shape index (κ1) is 15.7. The third-order valence-corrected chi connectivity index (χ3v) is 4.65. The van der Waals surface area contributed by atoms with Gasteiger partial charge in [0.05, 0.1) is 7.11 Å². The third-order valence-electron chi connectivity index (χ3n) is 4.41. The summed E-state index contributed by atoms with van der Waals surface area (Å²) in [6.07, 6.45) is 5.01. The molecule has 0 radical (unpaired) electrons. The maximum Gasteiger partial charge on any atom is 0.122 e. The molecule has 20 heavy (non-hydrogen) atoms. The Labute approximate surface area is 127 Å². The highest BCUT2D eigenvalue weighted by molar-refractivity contribution is 6.30. The quantitative estimate of drug-likeness (QED) is 0.755. The number of halogens is 1. The Morgan fingerprint density at radius 3 is 2.55 bits per heavy atom. The number of hydrogen-bond acceptors (Lipinski definition) is 2. The SMILES string of the molecule is CCC(CC)C(CNC1CC1)c1cc(Cl)ccc1OC. The van der Waals surface area contributed by atoms with Gasteiger partial charge in [-0.1, -0.05) is 38.3 Å². The molecule has 1 aromatic rings. The van der Waals surface area contributed by atoms with Gasteiger partial charge in [-0.05, 0) is 37.0 Å². The molecular formula is C17H26ClNO. The van der Waals surface area contributed by atoms with Crippen molar-refractivity contribution in [3.05, 3.63) is 28.8 Å². The Bertz CT molecular complexity index is 427. The fraction of sp³-hybridized carbons (Fsp3) is 0.647. The van der Waals surface area contributed by atoms with E-state index < -0.39 is 0 Å². The summed E-state index contributed by atoms with van der Waals surface area (Å²) in [4.78, 5) is 0. The van der Waals surface area contributed by atoms with Crippen LogP contribution in [-0.2, 0) is 0 Å². The predicted octanol–water partition coefficient (Wildman–Crippen LogP) is 4.62. The average molecular weight is 296 g/mol. The lowest BCUT2D eigenvalue weighted by Crippen LogP contribution is -2.28. The van der Waals surface area contributed by atoms with E-state index in [0.29, 0.717) is 11.8 Å². The van der Waals surface area contributed by atoms with Crippen molar-refractivity contribution in [2.24, 2.45) is 5.92 Å². The molecule has 1 aliphatic rings. The first-order chi connectivity index (χ1) is 9.69. The minimum Gasteiger partial charge on any atom is -0.496 e. The third kappa shape index (κ3) is 3.89. The predicted molar refractivity (Wildman–Crippen MR) is 85.8 cm³/mol. The Hall–Kier alpha value is -0.730. The largest absolute Gasteiger partial charge is 0.496 e. The van der Waals surface area contributed by atoms with Crippen molar-refractivity contribution in [3.8, 4) is 5.75 Å². The highest BCUT2D eigenvalue weighted by Crippen LogP contribution is 2.37. The molecule has 0 heterocycles. The molecule has 1 fully saturated rings.